The molecule has 0 aromatic rings. The van der Waals surface area contributed by atoms with E-state index in [1.807, 2.05) is 6.92 Å². The molecule has 0 spiro atoms. The summed E-state index contributed by atoms with van der Waals surface area (Å²) in [6, 6.07) is 2.44. The first-order chi connectivity index (χ1) is 8.80. The first-order valence-corrected chi connectivity index (χ1v) is 7.69. The molecule has 1 N–H and O–H groups in total. The zero-order valence-corrected chi connectivity index (χ0v) is 13.4. The Balaban J connectivity index is 2.39. The molecule has 0 amide bonds. The molecule has 1 heterocycles. The molecule has 1 aliphatic heterocycles. The Labute approximate surface area is 119 Å². The molecule has 0 aliphatic carbocycles. The molecule has 0 aromatic heterocycles. The summed E-state index contributed by atoms with van der Waals surface area (Å²) in [5, 5.41) is 12.7. The van der Waals surface area contributed by atoms with Crippen molar-refractivity contribution in [3.8, 4) is 6.07 Å². The monoisotopic (exact) mass is 265 g/mol. The van der Waals surface area contributed by atoms with E-state index < -0.39 is 0 Å². The van der Waals surface area contributed by atoms with E-state index in [-0.39, 0.29) is 5.54 Å². The van der Waals surface area contributed by atoms with E-state index >= 15 is 0 Å². The Kier molecular flexibility index (Phi) is 5.82. The molecule has 0 radical (unpaired) electrons. The topological polar surface area (TPSA) is 39.1 Å². The van der Waals surface area contributed by atoms with Crippen LogP contribution in [0.25, 0.3) is 0 Å². The van der Waals surface area contributed by atoms with Crippen molar-refractivity contribution < 1.29 is 0 Å². The fraction of sp³-hybridized carbons (Fsp3) is 0.938. The van der Waals surface area contributed by atoms with Crippen LogP contribution in [0.3, 0.4) is 0 Å². The van der Waals surface area contributed by atoms with Gasteiger partial charge >= 0.3 is 0 Å². The molecule has 1 fully saturated rings. The fourth-order valence-corrected chi connectivity index (χ4v) is 2.71. The number of nitriles is 1. The standard InChI is InChI=1S/C16H31N3/c1-6-9-18-16(5,13-17)8-11-19-10-7-14(12-19)15(2,3)4/h14,18H,6-12H2,1-5H3. The SMILES string of the molecule is CCCNC(C)(C#N)CCN1CCC(C(C)(C)C)C1. The van der Waals surface area contributed by atoms with Crippen LogP contribution in [0.2, 0.25) is 0 Å². The molecule has 3 nitrogen and oxygen atoms in total. The summed E-state index contributed by atoms with van der Waals surface area (Å²) in [7, 11) is 0. The van der Waals surface area contributed by atoms with E-state index in [0.29, 0.717) is 5.41 Å². The molecule has 2 atom stereocenters. The second kappa shape index (κ2) is 6.72. The smallest absolute Gasteiger partial charge is 0.105 e. The summed E-state index contributed by atoms with van der Waals surface area (Å²) in [6.07, 6.45) is 3.29. The molecule has 1 aliphatic rings. The predicted octanol–water partition coefficient (Wildman–Crippen LogP) is 3.03. The average Bonchev–Trinajstić information content (AvgIpc) is 2.83. The maximum atomic E-state index is 9.34. The Morgan fingerprint density at radius 1 is 1.32 bits per heavy atom. The molecule has 19 heavy (non-hydrogen) atoms. The quantitative estimate of drug-likeness (QED) is 0.802. The van der Waals surface area contributed by atoms with E-state index in [2.05, 4.69) is 44.0 Å². The summed E-state index contributed by atoms with van der Waals surface area (Å²) >= 11 is 0. The van der Waals surface area contributed by atoms with Crippen LogP contribution in [-0.4, -0.2) is 36.6 Å². The minimum Gasteiger partial charge on any atom is -0.303 e. The molecule has 2 unspecified atom stereocenters. The van der Waals surface area contributed by atoms with Gasteiger partial charge in [-0.3, -0.25) is 5.32 Å². The molecule has 1 saturated heterocycles. The van der Waals surface area contributed by atoms with Gasteiger partial charge in [0.05, 0.1) is 6.07 Å². The van der Waals surface area contributed by atoms with Gasteiger partial charge in [-0.1, -0.05) is 27.7 Å². The van der Waals surface area contributed by atoms with E-state index in [0.717, 1.165) is 31.8 Å². The lowest BCUT2D eigenvalue weighted by atomic mass is 9.80. The van der Waals surface area contributed by atoms with E-state index in [1.54, 1.807) is 0 Å². The third kappa shape index (κ3) is 5.12. The van der Waals surface area contributed by atoms with Gasteiger partial charge in [0.1, 0.15) is 5.54 Å². The molecule has 3 heteroatoms. The van der Waals surface area contributed by atoms with Gasteiger partial charge in [-0.05, 0) is 50.6 Å². The van der Waals surface area contributed by atoms with Gasteiger partial charge in [-0.2, -0.15) is 5.26 Å². The molecule has 1 rings (SSSR count). The third-order valence-corrected chi connectivity index (χ3v) is 4.44. The summed E-state index contributed by atoms with van der Waals surface area (Å²) in [6.45, 7) is 15.5. The lowest BCUT2D eigenvalue weighted by Crippen LogP contribution is -2.44. The van der Waals surface area contributed by atoms with Gasteiger partial charge in [0.2, 0.25) is 0 Å². The van der Waals surface area contributed by atoms with Crippen LogP contribution >= 0.6 is 0 Å². The van der Waals surface area contributed by atoms with Gasteiger partial charge in [0, 0.05) is 13.1 Å². The van der Waals surface area contributed by atoms with E-state index in [9.17, 15) is 5.26 Å². The number of nitrogens with one attached hydrogen (secondary N) is 1. The average molecular weight is 265 g/mol. The highest BCUT2D eigenvalue weighted by Crippen LogP contribution is 2.33. The van der Waals surface area contributed by atoms with Crippen molar-refractivity contribution in [2.45, 2.75) is 59.4 Å². The van der Waals surface area contributed by atoms with Crippen molar-refractivity contribution >= 4 is 0 Å². The van der Waals surface area contributed by atoms with Crippen molar-refractivity contribution in [1.82, 2.24) is 10.2 Å². The zero-order valence-electron chi connectivity index (χ0n) is 13.4. The van der Waals surface area contributed by atoms with Gasteiger partial charge in [0.15, 0.2) is 0 Å². The highest BCUT2D eigenvalue weighted by Gasteiger charge is 2.32. The minimum atomic E-state index is -0.365. The van der Waals surface area contributed by atoms with Gasteiger partial charge in [-0.25, -0.2) is 0 Å². The first-order valence-electron chi connectivity index (χ1n) is 7.69. The number of likely N-dealkylation sites (tertiary alicyclic amines) is 1. The fourth-order valence-electron chi connectivity index (χ4n) is 2.71. The van der Waals surface area contributed by atoms with E-state index in [1.165, 1.54) is 19.5 Å². The van der Waals surface area contributed by atoms with Crippen LogP contribution in [0.5, 0.6) is 0 Å². The van der Waals surface area contributed by atoms with Crippen LogP contribution in [0, 0.1) is 22.7 Å². The summed E-state index contributed by atoms with van der Waals surface area (Å²) in [5.74, 6) is 0.796. The van der Waals surface area contributed by atoms with Crippen molar-refractivity contribution in [1.29, 1.82) is 5.26 Å². The Bertz CT molecular complexity index is 313. The third-order valence-electron chi connectivity index (χ3n) is 4.44. The number of hydrogen-bond acceptors (Lipinski definition) is 3. The normalized spacial score (nSPS) is 24.1. The maximum Gasteiger partial charge on any atom is 0.105 e. The van der Waals surface area contributed by atoms with Crippen LogP contribution in [0.1, 0.15) is 53.9 Å². The molecule has 0 bridgehead atoms. The second-order valence-electron chi connectivity index (χ2n) is 7.27. The van der Waals surface area contributed by atoms with Crippen molar-refractivity contribution in [2.24, 2.45) is 11.3 Å². The highest BCUT2D eigenvalue weighted by atomic mass is 15.1. The lowest BCUT2D eigenvalue weighted by molar-refractivity contribution is 0.221. The van der Waals surface area contributed by atoms with Crippen LogP contribution in [0.4, 0.5) is 0 Å². The van der Waals surface area contributed by atoms with Crippen molar-refractivity contribution in [3.05, 3.63) is 0 Å². The summed E-state index contributed by atoms with van der Waals surface area (Å²) < 4.78 is 0. The Morgan fingerprint density at radius 3 is 2.47 bits per heavy atom. The molecular weight excluding hydrogens is 234 g/mol. The summed E-state index contributed by atoms with van der Waals surface area (Å²) in [4.78, 5) is 2.53. The Hall–Kier alpha value is -0.590. The van der Waals surface area contributed by atoms with Crippen LogP contribution in [0.15, 0.2) is 0 Å². The van der Waals surface area contributed by atoms with Gasteiger partial charge in [0.25, 0.3) is 0 Å². The van der Waals surface area contributed by atoms with Crippen molar-refractivity contribution in [2.75, 3.05) is 26.2 Å². The van der Waals surface area contributed by atoms with Crippen LogP contribution in [-0.2, 0) is 0 Å². The van der Waals surface area contributed by atoms with Gasteiger partial charge in [-0.15, -0.1) is 0 Å². The number of rotatable bonds is 6. The second-order valence-corrected chi connectivity index (χ2v) is 7.27. The largest absolute Gasteiger partial charge is 0.303 e. The first kappa shape index (κ1) is 16.5. The van der Waals surface area contributed by atoms with Gasteiger partial charge < -0.3 is 4.90 Å². The minimum absolute atomic E-state index is 0.365. The van der Waals surface area contributed by atoms with Crippen LogP contribution < -0.4 is 5.32 Å². The summed E-state index contributed by atoms with van der Waals surface area (Å²) in [5.41, 5.74) is 0.0452. The number of nitrogens with zero attached hydrogens (tertiary/aromatic N) is 2. The maximum absolute atomic E-state index is 9.34. The zero-order chi connectivity index (χ0) is 14.5. The Morgan fingerprint density at radius 2 is 2.00 bits per heavy atom. The van der Waals surface area contributed by atoms with Crippen molar-refractivity contribution in [3.63, 3.8) is 0 Å². The molecular formula is C16H31N3. The molecule has 0 aromatic carbocycles. The molecule has 110 valence electrons. The number of hydrogen-bond donors (Lipinski definition) is 1. The highest BCUT2D eigenvalue weighted by molar-refractivity contribution is 5.04. The lowest BCUT2D eigenvalue weighted by Gasteiger charge is -2.28. The van der Waals surface area contributed by atoms with E-state index in [4.69, 9.17) is 0 Å². The predicted molar refractivity (Wildman–Crippen MR) is 80.9 cm³/mol. The molecule has 0 saturated carbocycles.